The van der Waals surface area contributed by atoms with Crippen LogP contribution in [0.25, 0.3) is 10.8 Å². The van der Waals surface area contributed by atoms with Crippen molar-refractivity contribution in [3.05, 3.63) is 71.9 Å². The second kappa shape index (κ2) is 6.67. The number of amides is 1. The fourth-order valence-electron chi connectivity index (χ4n) is 4.27. The maximum Gasteiger partial charge on any atom is 0.252 e. The van der Waals surface area contributed by atoms with Crippen LogP contribution in [0, 0.1) is 0 Å². The normalized spacial score (nSPS) is 19.9. The van der Waals surface area contributed by atoms with Crippen molar-refractivity contribution in [2.75, 3.05) is 37.6 Å². The number of fused-ring (bicyclic) bond motifs is 3. The second-order valence-electron chi connectivity index (χ2n) is 7.25. The molecule has 136 valence electrons. The maximum atomic E-state index is 12.5. The molecular weight excluding hydrogens is 336 g/mol. The summed E-state index contributed by atoms with van der Waals surface area (Å²) in [5.41, 5.74) is 1.98. The van der Waals surface area contributed by atoms with Crippen molar-refractivity contribution in [2.45, 2.75) is 6.04 Å². The molecule has 2 aliphatic heterocycles. The van der Waals surface area contributed by atoms with Crippen molar-refractivity contribution in [3.63, 3.8) is 0 Å². The van der Waals surface area contributed by atoms with Gasteiger partial charge in [-0.2, -0.15) is 0 Å². The lowest BCUT2D eigenvalue weighted by Crippen LogP contribution is -2.48. The lowest BCUT2D eigenvalue weighted by Gasteiger charge is -2.36. The topological polar surface area (TPSA) is 48.5 Å². The van der Waals surface area contributed by atoms with Crippen LogP contribution in [0.1, 0.15) is 22.0 Å². The first-order valence-corrected chi connectivity index (χ1v) is 9.50. The highest BCUT2D eigenvalue weighted by atomic mass is 16.2. The molecule has 1 fully saturated rings. The van der Waals surface area contributed by atoms with Gasteiger partial charge >= 0.3 is 0 Å². The molecule has 3 heterocycles. The summed E-state index contributed by atoms with van der Waals surface area (Å²) in [6.07, 6.45) is 1.85. The van der Waals surface area contributed by atoms with Gasteiger partial charge in [-0.15, -0.1) is 0 Å². The van der Waals surface area contributed by atoms with E-state index in [0.29, 0.717) is 0 Å². The van der Waals surface area contributed by atoms with Gasteiger partial charge in [0.05, 0.1) is 6.04 Å². The predicted molar refractivity (Wildman–Crippen MR) is 107 cm³/mol. The van der Waals surface area contributed by atoms with Crippen LogP contribution in [0.5, 0.6) is 0 Å². The van der Waals surface area contributed by atoms with Gasteiger partial charge in [-0.25, -0.2) is 4.98 Å². The Morgan fingerprint density at radius 3 is 2.59 bits per heavy atom. The van der Waals surface area contributed by atoms with E-state index < -0.39 is 0 Å². The van der Waals surface area contributed by atoms with Gasteiger partial charge in [0.25, 0.3) is 5.91 Å². The minimum atomic E-state index is 0.0490. The highest BCUT2D eigenvalue weighted by Gasteiger charge is 2.32. The van der Waals surface area contributed by atoms with Crippen molar-refractivity contribution < 1.29 is 4.79 Å². The van der Waals surface area contributed by atoms with Crippen LogP contribution in [0.4, 0.5) is 5.82 Å². The zero-order valence-electron chi connectivity index (χ0n) is 15.1. The number of anilines is 1. The number of aromatic nitrogens is 1. The van der Waals surface area contributed by atoms with Crippen LogP contribution in [0.2, 0.25) is 0 Å². The molecule has 1 unspecified atom stereocenters. The number of rotatable bonds is 3. The number of hydrogen-bond acceptors (Lipinski definition) is 4. The molecule has 1 amide bonds. The van der Waals surface area contributed by atoms with Crippen LogP contribution < -0.4 is 10.2 Å². The lowest BCUT2D eigenvalue weighted by molar-refractivity contribution is 0.0947. The molecule has 0 bridgehead atoms. The van der Waals surface area contributed by atoms with Gasteiger partial charge < -0.3 is 10.2 Å². The van der Waals surface area contributed by atoms with E-state index in [9.17, 15) is 4.79 Å². The van der Waals surface area contributed by atoms with Gasteiger partial charge in [0.2, 0.25) is 0 Å². The first kappa shape index (κ1) is 16.3. The van der Waals surface area contributed by atoms with E-state index in [2.05, 4.69) is 38.3 Å². The molecule has 0 spiro atoms. The quantitative estimate of drug-likeness (QED) is 0.782. The average Bonchev–Trinajstić information content (AvgIpc) is 3.05. The molecule has 1 atom stereocenters. The molecule has 5 rings (SSSR count). The summed E-state index contributed by atoms with van der Waals surface area (Å²) >= 11 is 0. The van der Waals surface area contributed by atoms with Crippen molar-refractivity contribution >= 4 is 22.5 Å². The third-order valence-corrected chi connectivity index (χ3v) is 5.66. The summed E-state index contributed by atoms with van der Waals surface area (Å²) < 4.78 is 0. The summed E-state index contributed by atoms with van der Waals surface area (Å²) in [7, 11) is 0. The Bertz CT molecular complexity index is 980. The fourth-order valence-corrected chi connectivity index (χ4v) is 4.27. The number of hydrogen-bond donors (Lipinski definition) is 1. The molecule has 1 aromatic heterocycles. The highest BCUT2D eigenvalue weighted by Crippen LogP contribution is 2.33. The van der Waals surface area contributed by atoms with Crippen molar-refractivity contribution in [1.29, 1.82) is 0 Å². The van der Waals surface area contributed by atoms with E-state index in [-0.39, 0.29) is 11.9 Å². The van der Waals surface area contributed by atoms with Crippen LogP contribution in [-0.2, 0) is 0 Å². The Morgan fingerprint density at radius 1 is 0.963 bits per heavy atom. The molecule has 2 aliphatic rings. The number of piperazine rings is 1. The molecule has 1 N–H and O–H groups in total. The first-order chi connectivity index (χ1) is 13.3. The number of pyridine rings is 1. The Hall–Kier alpha value is -2.92. The van der Waals surface area contributed by atoms with E-state index in [4.69, 9.17) is 0 Å². The third kappa shape index (κ3) is 2.94. The molecule has 0 saturated carbocycles. The standard InChI is InChI=1S/C22H22N4O/c27-22-18-9-8-16-5-1-2-6-17(16)21(18)19(24-22)15-25-11-13-26(14-12-25)20-7-3-4-10-23-20/h1-10,19H,11-15H2,(H,24,27). The van der Waals surface area contributed by atoms with Gasteiger partial charge in [0.15, 0.2) is 0 Å². The number of carbonyl (C=O) groups excluding carboxylic acids is 1. The van der Waals surface area contributed by atoms with Crippen LogP contribution in [0.15, 0.2) is 60.8 Å². The highest BCUT2D eigenvalue weighted by molar-refractivity contribution is 6.05. The van der Waals surface area contributed by atoms with E-state index in [0.717, 1.165) is 49.7 Å². The maximum absolute atomic E-state index is 12.5. The Kier molecular flexibility index (Phi) is 4.02. The van der Waals surface area contributed by atoms with Crippen molar-refractivity contribution in [3.8, 4) is 0 Å². The Balaban J connectivity index is 1.34. The van der Waals surface area contributed by atoms with Gasteiger partial charge in [-0.05, 0) is 34.5 Å². The van der Waals surface area contributed by atoms with Gasteiger partial charge in [0, 0.05) is 44.5 Å². The number of benzene rings is 2. The lowest BCUT2D eigenvalue weighted by atomic mass is 9.96. The summed E-state index contributed by atoms with van der Waals surface area (Å²) in [4.78, 5) is 21.7. The van der Waals surface area contributed by atoms with Crippen molar-refractivity contribution in [1.82, 2.24) is 15.2 Å². The predicted octanol–water partition coefficient (Wildman–Crippen LogP) is 2.84. The minimum Gasteiger partial charge on any atom is -0.354 e. The Morgan fingerprint density at radius 2 is 1.78 bits per heavy atom. The van der Waals surface area contributed by atoms with Gasteiger partial charge in [0.1, 0.15) is 5.82 Å². The summed E-state index contributed by atoms with van der Waals surface area (Å²) in [6.45, 7) is 4.72. The number of nitrogens with zero attached hydrogens (tertiary/aromatic N) is 3. The SMILES string of the molecule is O=C1NC(CN2CCN(c3ccccn3)CC2)c2c1ccc1ccccc21. The molecule has 5 nitrogen and oxygen atoms in total. The number of carbonyl (C=O) groups is 1. The van der Waals surface area contributed by atoms with Gasteiger partial charge in [-0.1, -0.05) is 36.4 Å². The number of nitrogens with one attached hydrogen (secondary N) is 1. The molecule has 27 heavy (non-hydrogen) atoms. The molecule has 2 aromatic carbocycles. The van der Waals surface area contributed by atoms with E-state index in [1.165, 1.54) is 10.8 Å². The summed E-state index contributed by atoms with van der Waals surface area (Å²) in [6, 6.07) is 18.4. The van der Waals surface area contributed by atoms with Crippen LogP contribution in [-0.4, -0.2) is 48.5 Å². The van der Waals surface area contributed by atoms with E-state index >= 15 is 0 Å². The molecule has 1 saturated heterocycles. The van der Waals surface area contributed by atoms with Crippen LogP contribution >= 0.6 is 0 Å². The molecule has 0 radical (unpaired) electrons. The molecule has 3 aromatic rings. The van der Waals surface area contributed by atoms with E-state index in [1.54, 1.807) is 0 Å². The smallest absolute Gasteiger partial charge is 0.252 e. The molecule has 0 aliphatic carbocycles. The zero-order chi connectivity index (χ0) is 18.2. The van der Waals surface area contributed by atoms with Gasteiger partial charge in [-0.3, -0.25) is 9.69 Å². The average molecular weight is 358 g/mol. The molecular formula is C22H22N4O. The third-order valence-electron chi connectivity index (χ3n) is 5.66. The Labute approximate surface area is 158 Å². The monoisotopic (exact) mass is 358 g/mol. The zero-order valence-corrected chi connectivity index (χ0v) is 15.1. The van der Waals surface area contributed by atoms with Crippen LogP contribution in [0.3, 0.4) is 0 Å². The first-order valence-electron chi connectivity index (χ1n) is 9.50. The van der Waals surface area contributed by atoms with Crippen molar-refractivity contribution in [2.24, 2.45) is 0 Å². The second-order valence-corrected chi connectivity index (χ2v) is 7.25. The fraction of sp³-hybridized carbons (Fsp3) is 0.273. The largest absolute Gasteiger partial charge is 0.354 e. The minimum absolute atomic E-state index is 0.0490. The summed E-state index contributed by atoms with van der Waals surface area (Å²) in [5.74, 6) is 1.09. The summed E-state index contributed by atoms with van der Waals surface area (Å²) in [5, 5.41) is 5.57. The van der Waals surface area contributed by atoms with E-state index in [1.807, 2.05) is 42.6 Å². The molecule has 5 heteroatoms.